The number of nitrogens with one attached hydrogen (secondary N) is 1. The van der Waals surface area contributed by atoms with Gasteiger partial charge in [-0.3, -0.25) is 10.5 Å². The van der Waals surface area contributed by atoms with Crippen LogP contribution in [0.2, 0.25) is 0 Å². The fraction of sp³-hybridized carbons (Fsp3) is 0.727. The molecule has 0 aliphatic carbocycles. The summed E-state index contributed by atoms with van der Waals surface area (Å²) in [5, 5.41) is 4.27. The Hall–Kier alpha value is -0.910. The standard InChI is InChI=1S/C11H20N4O/c1-3-15-8-9(7-13-15)10(14-12)11(2)5-4-6-16-11/h7-8,10,14H,3-6,12H2,1-2H3. The molecule has 0 radical (unpaired) electrons. The van der Waals surface area contributed by atoms with Gasteiger partial charge in [0, 0.05) is 24.9 Å². The SMILES string of the molecule is CCn1cc(C(NN)C2(C)CCCO2)cn1. The third kappa shape index (κ3) is 1.98. The van der Waals surface area contributed by atoms with E-state index < -0.39 is 0 Å². The molecular formula is C11H20N4O. The molecule has 90 valence electrons. The maximum absolute atomic E-state index is 5.81. The Labute approximate surface area is 95.9 Å². The topological polar surface area (TPSA) is 65.1 Å². The third-order valence-electron chi connectivity index (χ3n) is 3.34. The van der Waals surface area contributed by atoms with Crippen LogP contribution in [0, 0.1) is 0 Å². The van der Waals surface area contributed by atoms with E-state index in [4.69, 9.17) is 10.6 Å². The normalized spacial score (nSPS) is 27.2. The molecule has 0 spiro atoms. The molecule has 2 rings (SSSR count). The Kier molecular flexibility index (Phi) is 3.28. The smallest absolute Gasteiger partial charge is 0.0863 e. The molecule has 16 heavy (non-hydrogen) atoms. The van der Waals surface area contributed by atoms with Gasteiger partial charge in [-0.05, 0) is 26.7 Å². The van der Waals surface area contributed by atoms with E-state index in [0.29, 0.717) is 0 Å². The van der Waals surface area contributed by atoms with E-state index in [1.165, 1.54) is 0 Å². The van der Waals surface area contributed by atoms with Crippen LogP contribution in [0.25, 0.3) is 0 Å². The molecule has 1 aromatic rings. The Balaban J connectivity index is 2.21. The molecule has 1 saturated heterocycles. The number of hydrogen-bond acceptors (Lipinski definition) is 4. The van der Waals surface area contributed by atoms with Crippen LogP contribution in [-0.2, 0) is 11.3 Å². The molecule has 2 unspecified atom stereocenters. The number of aryl methyl sites for hydroxylation is 1. The molecule has 3 N–H and O–H groups in total. The summed E-state index contributed by atoms with van der Waals surface area (Å²) in [6, 6.07) is 0.00954. The molecule has 0 aromatic carbocycles. The van der Waals surface area contributed by atoms with Crippen LogP contribution in [0.3, 0.4) is 0 Å². The monoisotopic (exact) mass is 224 g/mol. The summed E-state index contributed by atoms with van der Waals surface area (Å²) in [7, 11) is 0. The number of nitrogens with two attached hydrogens (primary N) is 1. The van der Waals surface area contributed by atoms with Gasteiger partial charge in [0.15, 0.2) is 0 Å². The maximum atomic E-state index is 5.81. The Morgan fingerprint density at radius 3 is 3.06 bits per heavy atom. The number of hydrazine groups is 1. The highest BCUT2D eigenvalue weighted by molar-refractivity contribution is 5.16. The van der Waals surface area contributed by atoms with Crippen molar-refractivity contribution in [2.75, 3.05) is 6.61 Å². The molecule has 2 atom stereocenters. The number of aromatic nitrogens is 2. The van der Waals surface area contributed by atoms with Crippen LogP contribution in [0.1, 0.15) is 38.3 Å². The lowest BCUT2D eigenvalue weighted by atomic mass is 9.90. The third-order valence-corrected chi connectivity index (χ3v) is 3.34. The van der Waals surface area contributed by atoms with Crippen LogP contribution >= 0.6 is 0 Å². The van der Waals surface area contributed by atoms with Gasteiger partial charge >= 0.3 is 0 Å². The van der Waals surface area contributed by atoms with Crippen molar-refractivity contribution in [2.45, 2.75) is 44.9 Å². The van der Waals surface area contributed by atoms with Gasteiger partial charge in [0.2, 0.25) is 0 Å². The van der Waals surface area contributed by atoms with Crippen LogP contribution in [0.4, 0.5) is 0 Å². The molecule has 1 aliphatic rings. The van der Waals surface area contributed by atoms with Crippen molar-refractivity contribution in [1.82, 2.24) is 15.2 Å². The van der Waals surface area contributed by atoms with E-state index in [-0.39, 0.29) is 11.6 Å². The van der Waals surface area contributed by atoms with Crippen molar-refractivity contribution < 1.29 is 4.74 Å². The zero-order valence-electron chi connectivity index (χ0n) is 9.94. The molecule has 0 amide bonds. The van der Waals surface area contributed by atoms with Gasteiger partial charge < -0.3 is 4.74 Å². The summed E-state index contributed by atoms with van der Waals surface area (Å²) < 4.78 is 7.71. The average Bonchev–Trinajstić information content (AvgIpc) is 2.89. The highest BCUT2D eigenvalue weighted by atomic mass is 16.5. The van der Waals surface area contributed by atoms with Crippen molar-refractivity contribution in [3.8, 4) is 0 Å². The van der Waals surface area contributed by atoms with Gasteiger partial charge in [-0.15, -0.1) is 0 Å². The predicted octanol–water partition coefficient (Wildman–Crippen LogP) is 0.976. The van der Waals surface area contributed by atoms with Gasteiger partial charge in [0.1, 0.15) is 0 Å². The van der Waals surface area contributed by atoms with Crippen molar-refractivity contribution in [3.05, 3.63) is 18.0 Å². The summed E-state index contributed by atoms with van der Waals surface area (Å²) >= 11 is 0. The van der Waals surface area contributed by atoms with Gasteiger partial charge in [0.05, 0.1) is 17.8 Å². The van der Waals surface area contributed by atoms with Crippen LogP contribution in [0.5, 0.6) is 0 Å². The van der Waals surface area contributed by atoms with E-state index in [0.717, 1.165) is 31.6 Å². The van der Waals surface area contributed by atoms with Crippen molar-refractivity contribution in [2.24, 2.45) is 5.84 Å². The average molecular weight is 224 g/mol. The van der Waals surface area contributed by atoms with E-state index in [2.05, 4.69) is 24.4 Å². The highest BCUT2D eigenvalue weighted by Crippen LogP contribution is 2.36. The summed E-state index contributed by atoms with van der Waals surface area (Å²) in [6.07, 6.45) is 6.01. The molecule has 5 nitrogen and oxygen atoms in total. The molecule has 2 heterocycles. The second kappa shape index (κ2) is 4.53. The minimum atomic E-state index is -0.212. The van der Waals surface area contributed by atoms with Gasteiger partial charge in [-0.25, -0.2) is 5.43 Å². The largest absolute Gasteiger partial charge is 0.373 e. The second-order valence-corrected chi connectivity index (χ2v) is 4.49. The number of nitrogens with zero attached hydrogens (tertiary/aromatic N) is 2. The summed E-state index contributed by atoms with van der Waals surface area (Å²) in [6.45, 7) is 5.86. The predicted molar refractivity (Wildman–Crippen MR) is 61.6 cm³/mol. The lowest BCUT2D eigenvalue weighted by Gasteiger charge is -2.32. The Morgan fingerprint density at radius 1 is 1.75 bits per heavy atom. The van der Waals surface area contributed by atoms with E-state index in [9.17, 15) is 0 Å². The summed E-state index contributed by atoms with van der Waals surface area (Å²) in [4.78, 5) is 0. The number of hydrogen-bond donors (Lipinski definition) is 2. The number of rotatable bonds is 4. The Bertz CT molecular complexity index is 344. The first-order valence-corrected chi connectivity index (χ1v) is 5.82. The van der Waals surface area contributed by atoms with Crippen LogP contribution in [-0.4, -0.2) is 22.0 Å². The van der Waals surface area contributed by atoms with Gasteiger partial charge in [-0.2, -0.15) is 5.10 Å². The Morgan fingerprint density at radius 2 is 2.56 bits per heavy atom. The van der Waals surface area contributed by atoms with E-state index in [1.807, 2.05) is 17.1 Å². The molecule has 0 bridgehead atoms. The quantitative estimate of drug-likeness (QED) is 0.591. The van der Waals surface area contributed by atoms with Gasteiger partial charge in [0.25, 0.3) is 0 Å². The molecule has 5 heteroatoms. The first-order valence-electron chi connectivity index (χ1n) is 5.82. The number of ether oxygens (including phenoxy) is 1. The van der Waals surface area contributed by atoms with Crippen molar-refractivity contribution in [1.29, 1.82) is 0 Å². The zero-order chi connectivity index (χ0) is 11.6. The molecule has 1 aromatic heterocycles. The fourth-order valence-electron chi connectivity index (χ4n) is 2.35. The lowest BCUT2D eigenvalue weighted by Crippen LogP contribution is -2.44. The minimum Gasteiger partial charge on any atom is -0.373 e. The van der Waals surface area contributed by atoms with Crippen molar-refractivity contribution >= 4 is 0 Å². The van der Waals surface area contributed by atoms with Crippen LogP contribution < -0.4 is 11.3 Å². The summed E-state index contributed by atoms with van der Waals surface area (Å²) in [5.74, 6) is 5.65. The summed E-state index contributed by atoms with van der Waals surface area (Å²) in [5.41, 5.74) is 3.74. The zero-order valence-corrected chi connectivity index (χ0v) is 9.94. The lowest BCUT2D eigenvalue weighted by molar-refractivity contribution is -0.0125. The highest BCUT2D eigenvalue weighted by Gasteiger charge is 2.39. The first kappa shape index (κ1) is 11.6. The second-order valence-electron chi connectivity index (χ2n) is 4.49. The molecule has 1 fully saturated rings. The van der Waals surface area contributed by atoms with Crippen molar-refractivity contribution in [3.63, 3.8) is 0 Å². The van der Waals surface area contributed by atoms with E-state index >= 15 is 0 Å². The van der Waals surface area contributed by atoms with Gasteiger partial charge in [-0.1, -0.05) is 0 Å². The first-order chi connectivity index (χ1) is 7.69. The molecular weight excluding hydrogens is 204 g/mol. The minimum absolute atomic E-state index is 0.00954. The fourth-order valence-corrected chi connectivity index (χ4v) is 2.35. The van der Waals surface area contributed by atoms with E-state index in [1.54, 1.807) is 0 Å². The maximum Gasteiger partial charge on any atom is 0.0863 e. The van der Waals surface area contributed by atoms with Crippen LogP contribution in [0.15, 0.2) is 12.4 Å². The molecule has 0 saturated carbocycles. The molecule has 1 aliphatic heterocycles.